The molecule has 0 radical (unpaired) electrons. The van der Waals surface area contributed by atoms with E-state index < -0.39 is 0 Å². The summed E-state index contributed by atoms with van der Waals surface area (Å²) in [6.07, 6.45) is 5.92. The Labute approximate surface area is 90.9 Å². The number of fused-ring (bicyclic) bond motifs is 1. The summed E-state index contributed by atoms with van der Waals surface area (Å²) in [7, 11) is 0. The van der Waals surface area contributed by atoms with Gasteiger partial charge in [-0.3, -0.25) is 0 Å². The smallest absolute Gasteiger partial charge is 0.0372 e. The summed E-state index contributed by atoms with van der Waals surface area (Å²) < 4.78 is 0. The van der Waals surface area contributed by atoms with Gasteiger partial charge in [-0.2, -0.15) is 0 Å². The SMILES string of the molecule is NC1(Cc2ccc3c(c2)CCCN3)CC1. The van der Waals surface area contributed by atoms with Gasteiger partial charge in [0.05, 0.1) is 0 Å². The molecule has 2 aliphatic rings. The van der Waals surface area contributed by atoms with Gasteiger partial charge in [0.1, 0.15) is 0 Å². The van der Waals surface area contributed by atoms with E-state index in [0.717, 1.165) is 13.0 Å². The molecule has 0 aromatic heterocycles. The van der Waals surface area contributed by atoms with Crippen LogP contribution in [-0.4, -0.2) is 12.1 Å². The van der Waals surface area contributed by atoms with E-state index >= 15 is 0 Å². The number of nitrogens with two attached hydrogens (primary N) is 1. The van der Waals surface area contributed by atoms with Gasteiger partial charge in [0, 0.05) is 17.8 Å². The van der Waals surface area contributed by atoms with Crippen molar-refractivity contribution < 1.29 is 0 Å². The van der Waals surface area contributed by atoms with Gasteiger partial charge < -0.3 is 11.1 Å². The van der Waals surface area contributed by atoms with Crippen molar-refractivity contribution in [1.82, 2.24) is 0 Å². The van der Waals surface area contributed by atoms with E-state index in [1.807, 2.05) is 0 Å². The maximum Gasteiger partial charge on any atom is 0.0372 e. The molecule has 0 atom stereocenters. The van der Waals surface area contributed by atoms with Crippen LogP contribution in [0.5, 0.6) is 0 Å². The Balaban J connectivity index is 1.84. The quantitative estimate of drug-likeness (QED) is 0.770. The molecule has 1 aromatic rings. The maximum atomic E-state index is 6.14. The molecule has 1 aromatic carbocycles. The van der Waals surface area contributed by atoms with Crippen molar-refractivity contribution in [2.24, 2.45) is 5.73 Å². The minimum atomic E-state index is 0.135. The van der Waals surface area contributed by atoms with Crippen molar-refractivity contribution in [3.63, 3.8) is 0 Å². The Morgan fingerprint density at radius 2 is 2.20 bits per heavy atom. The number of hydrogen-bond acceptors (Lipinski definition) is 2. The molecule has 1 aliphatic heterocycles. The predicted molar refractivity (Wildman–Crippen MR) is 63.1 cm³/mol. The second kappa shape index (κ2) is 3.24. The third-order valence-electron chi connectivity index (χ3n) is 3.56. The van der Waals surface area contributed by atoms with Crippen molar-refractivity contribution in [3.05, 3.63) is 29.3 Å². The van der Waals surface area contributed by atoms with Gasteiger partial charge in [-0.25, -0.2) is 0 Å². The van der Waals surface area contributed by atoms with Gasteiger partial charge in [0.15, 0.2) is 0 Å². The van der Waals surface area contributed by atoms with Gasteiger partial charge in [-0.05, 0) is 49.3 Å². The fourth-order valence-corrected chi connectivity index (χ4v) is 2.38. The fraction of sp³-hybridized carbons (Fsp3) is 0.538. The van der Waals surface area contributed by atoms with Gasteiger partial charge in [0.2, 0.25) is 0 Å². The highest BCUT2D eigenvalue weighted by atomic mass is 14.9. The zero-order valence-electron chi connectivity index (χ0n) is 9.05. The topological polar surface area (TPSA) is 38.0 Å². The van der Waals surface area contributed by atoms with Crippen molar-refractivity contribution in [3.8, 4) is 0 Å². The first-order valence-corrected chi connectivity index (χ1v) is 5.90. The van der Waals surface area contributed by atoms with E-state index in [4.69, 9.17) is 5.73 Å². The number of rotatable bonds is 2. The molecule has 1 aliphatic carbocycles. The highest BCUT2D eigenvalue weighted by molar-refractivity contribution is 5.54. The first kappa shape index (κ1) is 9.22. The molecular weight excluding hydrogens is 184 g/mol. The van der Waals surface area contributed by atoms with Gasteiger partial charge >= 0.3 is 0 Å². The van der Waals surface area contributed by atoms with Crippen LogP contribution in [-0.2, 0) is 12.8 Å². The Kier molecular flexibility index (Phi) is 1.99. The van der Waals surface area contributed by atoms with E-state index in [1.165, 1.54) is 42.5 Å². The van der Waals surface area contributed by atoms with Crippen LogP contribution in [0.25, 0.3) is 0 Å². The summed E-state index contributed by atoms with van der Waals surface area (Å²) in [6, 6.07) is 6.79. The van der Waals surface area contributed by atoms with Crippen LogP contribution in [0.4, 0.5) is 5.69 Å². The van der Waals surface area contributed by atoms with Crippen LogP contribution in [0, 0.1) is 0 Å². The second-order valence-electron chi connectivity index (χ2n) is 5.06. The fourth-order valence-electron chi connectivity index (χ4n) is 2.38. The first-order valence-electron chi connectivity index (χ1n) is 5.90. The number of hydrogen-bond donors (Lipinski definition) is 2. The lowest BCUT2D eigenvalue weighted by atomic mass is 9.97. The molecule has 2 heteroatoms. The molecule has 15 heavy (non-hydrogen) atoms. The standard InChI is InChI=1S/C13H18N2/c14-13(5-6-13)9-10-3-4-12-11(8-10)2-1-7-15-12/h3-4,8,15H,1-2,5-7,9,14H2. The Morgan fingerprint density at radius 1 is 1.33 bits per heavy atom. The van der Waals surface area contributed by atoms with Crippen molar-refractivity contribution >= 4 is 5.69 Å². The van der Waals surface area contributed by atoms with Gasteiger partial charge in [-0.1, -0.05) is 12.1 Å². The molecule has 2 nitrogen and oxygen atoms in total. The highest BCUT2D eigenvalue weighted by Crippen LogP contribution is 2.36. The van der Waals surface area contributed by atoms with Crippen molar-refractivity contribution in [1.29, 1.82) is 0 Å². The summed E-state index contributed by atoms with van der Waals surface area (Å²) >= 11 is 0. The summed E-state index contributed by atoms with van der Waals surface area (Å²) in [5.74, 6) is 0. The summed E-state index contributed by atoms with van der Waals surface area (Å²) in [6.45, 7) is 1.12. The lowest BCUT2D eigenvalue weighted by Crippen LogP contribution is -2.24. The van der Waals surface area contributed by atoms with Crippen LogP contribution < -0.4 is 11.1 Å². The van der Waals surface area contributed by atoms with Crippen LogP contribution in [0.2, 0.25) is 0 Å². The third kappa shape index (κ3) is 1.86. The molecule has 0 spiro atoms. The zero-order chi connectivity index (χ0) is 10.3. The number of benzene rings is 1. The highest BCUT2D eigenvalue weighted by Gasteiger charge is 2.37. The summed E-state index contributed by atoms with van der Waals surface area (Å²) in [5.41, 5.74) is 10.5. The molecule has 0 bridgehead atoms. The van der Waals surface area contributed by atoms with Gasteiger partial charge in [0.25, 0.3) is 0 Å². The molecule has 0 saturated heterocycles. The average Bonchev–Trinajstić information content (AvgIpc) is 2.96. The van der Waals surface area contributed by atoms with E-state index in [9.17, 15) is 0 Å². The Morgan fingerprint density at radius 3 is 3.00 bits per heavy atom. The van der Waals surface area contributed by atoms with Crippen LogP contribution >= 0.6 is 0 Å². The third-order valence-corrected chi connectivity index (χ3v) is 3.56. The maximum absolute atomic E-state index is 6.14. The zero-order valence-corrected chi connectivity index (χ0v) is 9.05. The monoisotopic (exact) mass is 202 g/mol. The molecule has 1 heterocycles. The minimum absolute atomic E-state index is 0.135. The van der Waals surface area contributed by atoms with Crippen LogP contribution in [0.3, 0.4) is 0 Å². The minimum Gasteiger partial charge on any atom is -0.385 e. The lowest BCUT2D eigenvalue weighted by Gasteiger charge is -2.19. The molecule has 1 fully saturated rings. The normalized spacial score (nSPS) is 21.7. The average molecular weight is 202 g/mol. The molecule has 80 valence electrons. The van der Waals surface area contributed by atoms with E-state index in [-0.39, 0.29) is 5.54 Å². The summed E-state index contributed by atoms with van der Waals surface area (Å²) in [4.78, 5) is 0. The first-order chi connectivity index (χ1) is 7.25. The Bertz CT molecular complexity index is 380. The molecule has 0 amide bonds. The summed E-state index contributed by atoms with van der Waals surface area (Å²) in [5, 5.41) is 3.44. The van der Waals surface area contributed by atoms with Gasteiger partial charge in [-0.15, -0.1) is 0 Å². The number of anilines is 1. The number of nitrogens with one attached hydrogen (secondary N) is 1. The Hall–Kier alpha value is -1.02. The molecule has 0 unspecified atom stereocenters. The molecular formula is C13H18N2. The predicted octanol–water partition coefficient (Wildman–Crippen LogP) is 2.08. The number of aryl methyl sites for hydroxylation is 1. The molecule has 3 rings (SSSR count). The van der Waals surface area contributed by atoms with E-state index in [1.54, 1.807) is 0 Å². The molecule has 1 saturated carbocycles. The van der Waals surface area contributed by atoms with E-state index in [2.05, 4.69) is 23.5 Å². The van der Waals surface area contributed by atoms with Crippen LogP contribution in [0.1, 0.15) is 30.4 Å². The van der Waals surface area contributed by atoms with E-state index in [0.29, 0.717) is 0 Å². The lowest BCUT2D eigenvalue weighted by molar-refractivity contribution is 0.671. The molecule has 3 N–H and O–H groups in total. The van der Waals surface area contributed by atoms with Crippen molar-refractivity contribution in [2.75, 3.05) is 11.9 Å². The largest absolute Gasteiger partial charge is 0.385 e. The van der Waals surface area contributed by atoms with Crippen LogP contribution in [0.15, 0.2) is 18.2 Å². The van der Waals surface area contributed by atoms with Crippen molar-refractivity contribution in [2.45, 2.75) is 37.6 Å². The second-order valence-corrected chi connectivity index (χ2v) is 5.06.